The smallest absolute Gasteiger partial charge is 0.341 e. The summed E-state index contributed by atoms with van der Waals surface area (Å²) < 4.78 is 15.9. The van der Waals surface area contributed by atoms with Crippen molar-refractivity contribution in [1.29, 1.82) is 0 Å². The number of carbonyl (C=O) groups excluding carboxylic acids is 1. The van der Waals surface area contributed by atoms with Gasteiger partial charge in [0, 0.05) is 18.8 Å². The van der Waals surface area contributed by atoms with E-state index >= 15 is 0 Å². The summed E-state index contributed by atoms with van der Waals surface area (Å²) in [5.41, 5.74) is 2.85. The standard InChI is InChI=1S/C24H24N2O4/c1-26(19-11-5-4-6-12-19)22-14-9-15-23(25-22)30-16-18-10-7-8-13-20(18)21(17-28-2)24(27)29-3/h4-15,17H,16H2,1-3H3/b21-17+. The maximum atomic E-state index is 12.2. The van der Waals surface area contributed by atoms with E-state index in [1.54, 1.807) is 6.07 Å². The Bertz CT molecular complexity index is 1020. The largest absolute Gasteiger partial charge is 0.503 e. The quantitative estimate of drug-likeness (QED) is 0.311. The monoisotopic (exact) mass is 404 g/mol. The van der Waals surface area contributed by atoms with E-state index in [1.165, 1.54) is 20.5 Å². The van der Waals surface area contributed by atoms with Gasteiger partial charge in [-0.2, -0.15) is 4.98 Å². The molecule has 0 bridgehead atoms. The fraction of sp³-hybridized carbons (Fsp3) is 0.167. The van der Waals surface area contributed by atoms with Gasteiger partial charge in [0.15, 0.2) is 0 Å². The van der Waals surface area contributed by atoms with Crippen molar-refractivity contribution >= 4 is 23.0 Å². The molecule has 154 valence electrons. The van der Waals surface area contributed by atoms with E-state index < -0.39 is 5.97 Å². The molecule has 6 nitrogen and oxygen atoms in total. The van der Waals surface area contributed by atoms with E-state index in [2.05, 4.69) is 4.98 Å². The first-order valence-electron chi connectivity index (χ1n) is 9.42. The first-order chi connectivity index (χ1) is 14.6. The molecule has 0 atom stereocenters. The van der Waals surface area contributed by atoms with Gasteiger partial charge in [0.2, 0.25) is 5.88 Å². The third-order valence-electron chi connectivity index (χ3n) is 4.52. The van der Waals surface area contributed by atoms with Gasteiger partial charge in [-0.25, -0.2) is 4.79 Å². The number of carbonyl (C=O) groups is 1. The lowest BCUT2D eigenvalue weighted by Crippen LogP contribution is -2.12. The molecule has 0 N–H and O–H groups in total. The number of para-hydroxylation sites is 1. The van der Waals surface area contributed by atoms with Crippen LogP contribution in [-0.4, -0.2) is 32.2 Å². The molecule has 0 unspecified atom stereocenters. The summed E-state index contributed by atoms with van der Waals surface area (Å²) in [6, 6.07) is 23.0. The van der Waals surface area contributed by atoms with E-state index in [0.29, 0.717) is 17.0 Å². The van der Waals surface area contributed by atoms with Crippen LogP contribution in [0.1, 0.15) is 11.1 Å². The van der Waals surface area contributed by atoms with Crippen LogP contribution in [0.15, 0.2) is 79.1 Å². The second-order valence-corrected chi connectivity index (χ2v) is 6.43. The zero-order valence-corrected chi connectivity index (χ0v) is 17.2. The minimum atomic E-state index is -0.478. The van der Waals surface area contributed by atoms with Gasteiger partial charge in [0.1, 0.15) is 18.0 Å². The summed E-state index contributed by atoms with van der Waals surface area (Å²) in [6.45, 7) is 0.236. The van der Waals surface area contributed by atoms with Crippen LogP contribution in [-0.2, 0) is 20.9 Å². The molecule has 0 aliphatic heterocycles. The Balaban J connectivity index is 1.80. The van der Waals surface area contributed by atoms with Gasteiger partial charge >= 0.3 is 5.97 Å². The van der Waals surface area contributed by atoms with Crippen molar-refractivity contribution in [3.8, 4) is 5.88 Å². The molecule has 1 aromatic heterocycles. The Morgan fingerprint density at radius 1 is 0.967 bits per heavy atom. The number of rotatable bonds is 8. The number of ether oxygens (including phenoxy) is 3. The molecule has 6 heteroatoms. The summed E-state index contributed by atoms with van der Waals surface area (Å²) in [4.78, 5) is 18.7. The van der Waals surface area contributed by atoms with Crippen LogP contribution >= 0.6 is 0 Å². The number of methoxy groups -OCH3 is 2. The molecule has 0 radical (unpaired) electrons. The van der Waals surface area contributed by atoms with Crippen molar-refractivity contribution < 1.29 is 19.0 Å². The lowest BCUT2D eigenvalue weighted by Gasteiger charge is -2.19. The van der Waals surface area contributed by atoms with E-state index in [-0.39, 0.29) is 6.61 Å². The molecule has 0 amide bonds. The number of hydrogen-bond donors (Lipinski definition) is 0. The summed E-state index contributed by atoms with van der Waals surface area (Å²) in [5, 5.41) is 0. The highest BCUT2D eigenvalue weighted by atomic mass is 16.5. The van der Waals surface area contributed by atoms with Crippen molar-refractivity contribution in [3.63, 3.8) is 0 Å². The molecule has 3 rings (SSSR count). The van der Waals surface area contributed by atoms with Crippen LogP contribution in [0, 0.1) is 0 Å². The Labute approximate surface area is 176 Å². The summed E-state index contributed by atoms with van der Waals surface area (Å²) >= 11 is 0. The highest BCUT2D eigenvalue weighted by molar-refractivity contribution is 6.16. The highest BCUT2D eigenvalue weighted by Gasteiger charge is 2.17. The van der Waals surface area contributed by atoms with Gasteiger partial charge in [0.25, 0.3) is 0 Å². The van der Waals surface area contributed by atoms with Crippen molar-refractivity contribution in [2.75, 3.05) is 26.2 Å². The minimum absolute atomic E-state index is 0.236. The van der Waals surface area contributed by atoms with Crippen molar-refractivity contribution in [2.24, 2.45) is 0 Å². The molecule has 3 aromatic rings. The average molecular weight is 404 g/mol. The lowest BCUT2D eigenvalue weighted by molar-refractivity contribution is -0.133. The maximum absolute atomic E-state index is 12.2. The molecule has 30 heavy (non-hydrogen) atoms. The molecular weight excluding hydrogens is 380 g/mol. The molecule has 0 aliphatic carbocycles. The fourth-order valence-corrected chi connectivity index (χ4v) is 2.96. The van der Waals surface area contributed by atoms with E-state index in [9.17, 15) is 4.79 Å². The third kappa shape index (κ3) is 4.97. The second kappa shape index (κ2) is 10.1. The highest BCUT2D eigenvalue weighted by Crippen LogP contribution is 2.25. The lowest BCUT2D eigenvalue weighted by atomic mass is 10.0. The van der Waals surface area contributed by atoms with Crippen molar-refractivity contribution in [3.05, 3.63) is 90.2 Å². The van der Waals surface area contributed by atoms with Crippen molar-refractivity contribution in [1.82, 2.24) is 4.98 Å². The van der Waals surface area contributed by atoms with Gasteiger partial charge in [0.05, 0.1) is 20.5 Å². The van der Waals surface area contributed by atoms with E-state index in [0.717, 1.165) is 17.1 Å². The number of nitrogens with zero attached hydrogens (tertiary/aromatic N) is 2. The molecule has 0 saturated heterocycles. The first kappa shape index (κ1) is 20.9. The number of pyridine rings is 1. The van der Waals surface area contributed by atoms with Gasteiger partial charge < -0.3 is 19.1 Å². The summed E-state index contributed by atoms with van der Waals surface area (Å²) in [7, 11) is 4.78. The summed E-state index contributed by atoms with van der Waals surface area (Å²) in [5.74, 6) is 0.774. The number of anilines is 2. The molecule has 1 heterocycles. The molecule has 0 fully saturated rings. The predicted octanol–water partition coefficient (Wildman–Crippen LogP) is 4.59. The fourth-order valence-electron chi connectivity index (χ4n) is 2.96. The van der Waals surface area contributed by atoms with Crippen LogP contribution in [0.25, 0.3) is 5.57 Å². The Kier molecular flexibility index (Phi) is 7.05. The van der Waals surface area contributed by atoms with Gasteiger partial charge in [-0.3, -0.25) is 0 Å². The number of hydrogen-bond acceptors (Lipinski definition) is 6. The normalized spacial score (nSPS) is 11.0. The molecule has 0 spiro atoms. The zero-order valence-electron chi connectivity index (χ0n) is 17.2. The Hall–Kier alpha value is -3.80. The van der Waals surface area contributed by atoms with Gasteiger partial charge in [-0.05, 0) is 29.3 Å². The van der Waals surface area contributed by atoms with Crippen LogP contribution < -0.4 is 9.64 Å². The first-order valence-corrected chi connectivity index (χ1v) is 9.42. The van der Waals surface area contributed by atoms with Crippen LogP contribution in [0.2, 0.25) is 0 Å². The van der Waals surface area contributed by atoms with Crippen LogP contribution in [0.5, 0.6) is 5.88 Å². The minimum Gasteiger partial charge on any atom is -0.503 e. The number of benzene rings is 2. The van der Waals surface area contributed by atoms with Crippen LogP contribution in [0.3, 0.4) is 0 Å². The van der Waals surface area contributed by atoms with E-state index in [1.807, 2.05) is 78.7 Å². The Morgan fingerprint density at radius 2 is 1.70 bits per heavy atom. The summed E-state index contributed by atoms with van der Waals surface area (Å²) in [6.07, 6.45) is 1.37. The van der Waals surface area contributed by atoms with E-state index in [4.69, 9.17) is 14.2 Å². The third-order valence-corrected chi connectivity index (χ3v) is 4.52. The molecule has 2 aromatic carbocycles. The molecule has 0 saturated carbocycles. The predicted molar refractivity (Wildman–Crippen MR) is 117 cm³/mol. The number of aromatic nitrogens is 1. The SMILES string of the molecule is CO/C=C(/C(=O)OC)c1ccccc1COc1cccc(N(C)c2ccccc2)n1. The van der Waals surface area contributed by atoms with Crippen LogP contribution in [0.4, 0.5) is 11.5 Å². The average Bonchev–Trinajstić information content (AvgIpc) is 2.81. The molecule has 0 aliphatic rings. The Morgan fingerprint density at radius 3 is 2.43 bits per heavy atom. The maximum Gasteiger partial charge on any atom is 0.341 e. The molecular formula is C24H24N2O4. The zero-order chi connectivity index (χ0) is 21.3. The van der Waals surface area contributed by atoms with Gasteiger partial charge in [-0.15, -0.1) is 0 Å². The van der Waals surface area contributed by atoms with Crippen molar-refractivity contribution in [2.45, 2.75) is 6.61 Å². The second-order valence-electron chi connectivity index (χ2n) is 6.43. The topological polar surface area (TPSA) is 60.9 Å². The van der Waals surface area contributed by atoms with Gasteiger partial charge in [-0.1, -0.05) is 48.5 Å². The number of esters is 1.